The predicted octanol–water partition coefficient (Wildman–Crippen LogP) is 7.17. The highest BCUT2D eigenvalue weighted by Gasteiger charge is 2.42. The first-order valence-electron chi connectivity index (χ1n) is 16.2. The second-order valence-electron chi connectivity index (χ2n) is 13.2. The molecule has 1 amide bonds. The van der Waals surface area contributed by atoms with Crippen LogP contribution < -0.4 is 5.32 Å². The van der Waals surface area contributed by atoms with Crippen molar-refractivity contribution >= 4 is 5.91 Å². The highest BCUT2D eigenvalue weighted by molar-refractivity contribution is 5.79. The SMILES string of the molecule is Cc1nnc(CC(C)c2ccccc2)n1C1CC2CCC(C1)N2CCC(NC(=O)C1CCC(F)(F)CC1)c1ccccc1. The zero-order valence-corrected chi connectivity index (χ0v) is 25.5. The van der Waals surface area contributed by atoms with E-state index < -0.39 is 5.92 Å². The van der Waals surface area contributed by atoms with E-state index in [1.807, 2.05) is 18.2 Å². The number of aryl methyl sites for hydroxylation is 1. The molecule has 3 aliphatic rings. The number of hydrogen-bond acceptors (Lipinski definition) is 4. The minimum atomic E-state index is -2.63. The van der Waals surface area contributed by atoms with Crippen LogP contribution in [0.3, 0.4) is 0 Å². The Morgan fingerprint density at radius 1 is 0.907 bits per heavy atom. The van der Waals surface area contributed by atoms with Gasteiger partial charge in [0, 0.05) is 49.9 Å². The summed E-state index contributed by atoms with van der Waals surface area (Å²) in [6.07, 6.45) is 6.35. The third-order valence-corrected chi connectivity index (χ3v) is 10.3. The highest BCUT2D eigenvalue weighted by Crippen LogP contribution is 2.42. The third kappa shape index (κ3) is 6.84. The number of benzene rings is 2. The summed E-state index contributed by atoms with van der Waals surface area (Å²) in [6.45, 7) is 5.25. The summed E-state index contributed by atoms with van der Waals surface area (Å²) in [5, 5.41) is 12.4. The third-order valence-electron chi connectivity index (χ3n) is 10.3. The van der Waals surface area contributed by atoms with Crippen molar-refractivity contribution in [1.29, 1.82) is 0 Å². The van der Waals surface area contributed by atoms with Gasteiger partial charge in [0.1, 0.15) is 11.6 Å². The van der Waals surface area contributed by atoms with Gasteiger partial charge in [-0.05, 0) is 68.9 Å². The van der Waals surface area contributed by atoms with E-state index >= 15 is 0 Å². The molecule has 1 N–H and O–H groups in total. The molecule has 2 aromatic carbocycles. The largest absolute Gasteiger partial charge is 0.349 e. The normalized spacial score (nSPS) is 25.3. The first-order chi connectivity index (χ1) is 20.8. The molecule has 2 saturated heterocycles. The molecule has 230 valence electrons. The second kappa shape index (κ2) is 12.8. The smallest absolute Gasteiger partial charge is 0.248 e. The molecule has 6 nitrogen and oxygen atoms in total. The number of nitrogens with zero attached hydrogens (tertiary/aromatic N) is 4. The summed E-state index contributed by atoms with van der Waals surface area (Å²) in [6, 6.07) is 22.0. The molecule has 43 heavy (non-hydrogen) atoms. The number of amides is 1. The Kier molecular flexibility index (Phi) is 8.94. The molecule has 2 bridgehead atoms. The maximum atomic E-state index is 13.7. The van der Waals surface area contributed by atoms with Crippen molar-refractivity contribution in [2.75, 3.05) is 6.54 Å². The van der Waals surface area contributed by atoms with Gasteiger partial charge in [0.25, 0.3) is 0 Å². The van der Waals surface area contributed by atoms with Crippen LogP contribution in [0.25, 0.3) is 0 Å². The second-order valence-corrected chi connectivity index (χ2v) is 13.2. The molecule has 4 atom stereocenters. The van der Waals surface area contributed by atoms with Gasteiger partial charge in [0.15, 0.2) is 0 Å². The fourth-order valence-corrected chi connectivity index (χ4v) is 7.90. The van der Waals surface area contributed by atoms with Crippen LogP contribution in [0, 0.1) is 12.8 Å². The minimum Gasteiger partial charge on any atom is -0.349 e. The molecule has 3 heterocycles. The molecular weight excluding hydrogens is 544 g/mol. The summed E-state index contributed by atoms with van der Waals surface area (Å²) in [5.41, 5.74) is 2.41. The number of fused-ring (bicyclic) bond motifs is 2. The maximum absolute atomic E-state index is 13.7. The van der Waals surface area contributed by atoms with Gasteiger partial charge in [-0.1, -0.05) is 67.6 Å². The molecule has 2 aliphatic heterocycles. The molecule has 1 aromatic heterocycles. The fourth-order valence-electron chi connectivity index (χ4n) is 7.90. The van der Waals surface area contributed by atoms with Crippen molar-refractivity contribution in [3.63, 3.8) is 0 Å². The number of aromatic nitrogens is 3. The number of carbonyl (C=O) groups is 1. The van der Waals surface area contributed by atoms with Gasteiger partial charge in [0.05, 0.1) is 6.04 Å². The maximum Gasteiger partial charge on any atom is 0.248 e. The fraction of sp³-hybridized carbons (Fsp3) is 0.571. The summed E-state index contributed by atoms with van der Waals surface area (Å²) >= 11 is 0. The summed E-state index contributed by atoms with van der Waals surface area (Å²) in [4.78, 5) is 15.9. The van der Waals surface area contributed by atoms with Crippen LogP contribution in [0.1, 0.15) is 105 Å². The molecule has 0 spiro atoms. The van der Waals surface area contributed by atoms with Crippen LogP contribution in [0.5, 0.6) is 0 Å². The Labute approximate surface area is 254 Å². The number of carbonyl (C=O) groups excluding carboxylic acids is 1. The van der Waals surface area contributed by atoms with E-state index in [1.54, 1.807) is 0 Å². The van der Waals surface area contributed by atoms with Crippen molar-refractivity contribution in [2.24, 2.45) is 5.92 Å². The van der Waals surface area contributed by atoms with Gasteiger partial charge < -0.3 is 9.88 Å². The van der Waals surface area contributed by atoms with E-state index in [1.165, 1.54) is 18.4 Å². The first-order valence-corrected chi connectivity index (χ1v) is 16.2. The lowest BCUT2D eigenvalue weighted by Gasteiger charge is -2.40. The lowest BCUT2D eigenvalue weighted by atomic mass is 9.86. The minimum absolute atomic E-state index is 0.0774. The van der Waals surface area contributed by atoms with E-state index in [2.05, 4.69) is 81.3 Å². The van der Waals surface area contributed by atoms with Gasteiger partial charge in [0.2, 0.25) is 11.8 Å². The summed E-state index contributed by atoms with van der Waals surface area (Å²) < 4.78 is 29.9. The van der Waals surface area contributed by atoms with Crippen LogP contribution in [0.2, 0.25) is 0 Å². The van der Waals surface area contributed by atoms with Crippen molar-refractivity contribution < 1.29 is 13.6 Å². The van der Waals surface area contributed by atoms with Crippen molar-refractivity contribution in [3.8, 4) is 0 Å². The number of nitrogens with one attached hydrogen (secondary N) is 1. The summed E-state index contributed by atoms with van der Waals surface area (Å²) in [7, 11) is 0. The van der Waals surface area contributed by atoms with E-state index in [0.29, 0.717) is 24.0 Å². The zero-order chi connectivity index (χ0) is 30.0. The van der Waals surface area contributed by atoms with Gasteiger partial charge >= 0.3 is 0 Å². The molecule has 3 fully saturated rings. The van der Waals surface area contributed by atoms with E-state index in [-0.39, 0.29) is 43.6 Å². The standard InChI is InChI=1S/C35H45F2N5O/c1-24(26-9-5-3-6-10-26)21-33-40-39-25(2)42(33)31-22-29-13-14-30(23-31)41(29)20-17-32(27-11-7-4-8-12-27)38-34(43)28-15-18-35(36,37)19-16-28/h3-12,24,28-32H,13-23H2,1-2H3,(H,38,43). The lowest BCUT2D eigenvalue weighted by molar-refractivity contribution is -0.130. The number of hydrogen-bond donors (Lipinski definition) is 1. The number of piperidine rings is 1. The first kappa shape index (κ1) is 29.9. The van der Waals surface area contributed by atoms with Crippen LogP contribution in [0.15, 0.2) is 60.7 Å². The van der Waals surface area contributed by atoms with Gasteiger partial charge in [-0.2, -0.15) is 0 Å². The molecule has 1 saturated carbocycles. The van der Waals surface area contributed by atoms with Gasteiger partial charge in [-0.3, -0.25) is 9.69 Å². The molecule has 6 rings (SSSR count). The van der Waals surface area contributed by atoms with Gasteiger partial charge in [-0.15, -0.1) is 10.2 Å². The van der Waals surface area contributed by atoms with E-state index in [4.69, 9.17) is 0 Å². The zero-order valence-electron chi connectivity index (χ0n) is 25.5. The van der Waals surface area contributed by atoms with Crippen molar-refractivity contribution in [1.82, 2.24) is 25.0 Å². The van der Waals surface area contributed by atoms with Crippen LogP contribution in [-0.2, 0) is 11.2 Å². The number of halogens is 2. The van der Waals surface area contributed by atoms with Crippen molar-refractivity contribution in [3.05, 3.63) is 83.4 Å². The molecule has 3 aromatic rings. The molecule has 8 heteroatoms. The Balaban J connectivity index is 1.10. The Bertz CT molecular complexity index is 1340. The molecule has 1 aliphatic carbocycles. The van der Waals surface area contributed by atoms with E-state index in [0.717, 1.165) is 49.4 Å². The Morgan fingerprint density at radius 3 is 2.14 bits per heavy atom. The molecule has 0 radical (unpaired) electrons. The van der Waals surface area contributed by atoms with Crippen LogP contribution in [-0.4, -0.2) is 50.1 Å². The quantitative estimate of drug-likeness (QED) is 0.272. The van der Waals surface area contributed by atoms with Crippen LogP contribution >= 0.6 is 0 Å². The molecular formula is C35H45F2N5O. The van der Waals surface area contributed by atoms with E-state index in [9.17, 15) is 13.6 Å². The summed E-state index contributed by atoms with van der Waals surface area (Å²) in [5.74, 6) is -0.585. The van der Waals surface area contributed by atoms with Crippen molar-refractivity contribution in [2.45, 2.75) is 114 Å². The average Bonchev–Trinajstić information content (AvgIpc) is 3.49. The highest BCUT2D eigenvalue weighted by atomic mass is 19.3. The van der Waals surface area contributed by atoms with Gasteiger partial charge in [-0.25, -0.2) is 8.78 Å². The number of rotatable bonds is 10. The predicted molar refractivity (Wildman–Crippen MR) is 164 cm³/mol. The lowest BCUT2D eigenvalue weighted by Crippen LogP contribution is -2.45. The molecule has 4 unspecified atom stereocenters. The van der Waals surface area contributed by atoms with Crippen LogP contribution in [0.4, 0.5) is 8.78 Å². The Hall–Kier alpha value is -3.13. The monoisotopic (exact) mass is 589 g/mol. The average molecular weight is 590 g/mol. The number of alkyl halides is 2. The topological polar surface area (TPSA) is 63.1 Å². The Morgan fingerprint density at radius 2 is 1.51 bits per heavy atom.